The normalized spacial score (nSPS) is 20.5. The van der Waals surface area contributed by atoms with E-state index < -0.39 is 10.0 Å². The number of carbonyl (C=O) groups excluding carboxylic acids is 1. The number of amides is 1. The summed E-state index contributed by atoms with van der Waals surface area (Å²) in [7, 11) is -3.60. The summed E-state index contributed by atoms with van der Waals surface area (Å²) in [5.74, 6) is 0.190. The second kappa shape index (κ2) is 7.82. The fourth-order valence-electron chi connectivity index (χ4n) is 3.82. The summed E-state index contributed by atoms with van der Waals surface area (Å²) in [4.78, 5) is 18.7. The van der Waals surface area contributed by atoms with Gasteiger partial charge >= 0.3 is 0 Å². The first-order valence-corrected chi connectivity index (χ1v) is 11.1. The summed E-state index contributed by atoms with van der Waals surface area (Å²) in [6, 6.07) is 8.53. The van der Waals surface area contributed by atoms with E-state index in [4.69, 9.17) is 10.5 Å². The zero-order chi connectivity index (χ0) is 20.4. The lowest BCUT2D eigenvalue weighted by Gasteiger charge is -2.35. The number of carbonyl (C=O) groups is 1. The molecule has 8 nitrogen and oxygen atoms in total. The van der Waals surface area contributed by atoms with Crippen molar-refractivity contribution in [2.75, 3.05) is 13.2 Å². The van der Waals surface area contributed by atoms with E-state index in [9.17, 15) is 13.2 Å². The summed E-state index contributed by atoms with van der Waals surface area (Å²) >= 11 is 0. The molecule has 1 aromatic carbocycles. The first-order chi connectivity index (χ1) is 13.9. The second-order valence-corrected chi connectivity index (χ2v) is 8.82. The number of nitrogens with zero attached hydrogens (tertiary/aromatic N) is 3. The topological polar surface area (TPSA) is 115 Å². The number of rotatable bonds is 4. The molecule has 29 heavy (non-hydrogen) atoms. The lowest BCUT2D eigenvalue weighted by Crippen LogP contribution is -2.46. The number of hydrogen-bond acceptors (Lipinski definition) is 6. The zero-order valence-electron chi connectivity index (χ0n) is 15.8. The minimum Gasteiger partial charge on any atom is -0.491 e. The van der Waals surface area contributed by atoms with Gasteiger partial charge in [-0.15, -0.1) is 4.40 Å². The molecule has 0 saturated carbocycles. The number of pyridine rings is 1. The Labute approximate surface area is 169 Å². The number of sulfonamides is 1. The van der Waals surface area contributed by atoms with Crippen molar-refractivity contribution in [1.29, 1.82) is 0 Å². The Morgan fingerprint density at radius 3 is 2.79 bits per heavy atom. The van der Waals surface area contributed by atoms with Crippen molar-refractivity contribution in [1.82, 2.24) is 9.88 Å². The van der Waals surface area contributed by atoms with Gasteiger partial charge in [-0.05, 0) is 43.0 Å². The molecule has 2 aliphatic rings. The van der Waals surface area contributed by atoms with Gasteiger partial charge in [0.1, 0.15) is 18.2 Å². The molecule has 3 heterocycles. The predicted molar refractivity (Wildman–Crippen MR) is 108 cm³/mol. The van der Waals surface area contributed by atoms with Gasteiger partial charge in [0.25, 0.3) is 15.9 Å². The average Bonchev–Trinajstić information content (AvgIpc) is 2.71. The summed E-state index contributed by atoms with van der Waals surface area (Å²) < 4.78 is 33.3. The van der Waals surface area contributed by atoms with Gasteiger partial charge in [-0.25, -0.2) is 8.42 Å². The van der Waals surface area contributed by atoms with Gasteiger partial charge in [-0.2, -0.15) is 0 Å². The third-order valence-corrected chi connectivity index (χ3v) is 6.34. The Morgan fingerprint density at radius 2 is 2.00 bits per heavy atom. The fourth-order valence-corrected chi connectivity index (χ4v) is 4.91. The van der Waals surface area contributed by atoms with E-state index in [0.29, 0.717) is 35.6 Å². The third kappa shape index (κ3) is 4.09. The molecule has 1 amide bonds. The van der Waals surface area contributed by atoms with E-state index >= 15 is 0 Å². The van der Waals surface area contributed by atoms with Crippen LogP contribution in [0.2, 0.25) is 0 Å². The van der Waals surface area contributed by atoms with Crippen molar-refractivity contribution in [3.05, 3.63) is 59.4 Å². The number of nitrogens with two attached hydrogens (primary N) is 1. The van der Waals surface area contributed by atoms with E-state index in [1.54, 1.807) is 42.7 Å². The highest BCUT2D eigenvalue weighted by atomic mass is 32.2. The summed E-state index contributed by atoms with van der Waals surface area (Å²) in [6.07, 6.45) is 6.02. The Bertz CT molecular complexity index is 1050. The van der Waals surface area contributed by atoms with E-state index in [1.807, 2.05) is 4.90 Å². The zero-order valence-corrected chi connectivity index (χ0v) is 16.6. The van der Waals surface area contributed by atoms with Crippen LogP contribution in [0.25, 0.3) is 0 Å². The van der Waals surface area contributed by atoms with Crippen molar-refractivity contribution < 1.29 is 17.9 Å². The molecule has 0 spiro atoms. The highest BCUT2D eigenvalue weighted by Crippen LogP contribution is 2.29. The highest BCUT2D eigenvalue weighted by Gasteiger charge is 2.29. The quantitative estimate of drug-likeness (QED) is 0.814. The number of ether oxygens (including phenoxy) is 1. The van der Waals surface area contributed by atoms with Crippen LogP contribution in [0.1, 0.15) is 40.7 Å². The van der Waals surface area contributed by atoms with Crippen LogP contribution in [0, 0.1) is 0 Å². The number of fused-ring (bicyclic) bond motifs is 1. The summed E-state index contributed by atoms with van der Waals surface area (Å²) in [5.41, 5.74) is 7.60. The molecule has 1 aromatic heterocycles. The van der Waals surface area contributed by atoms with Crippen LogP contribution >= 0.6 is 0 Å². The van der Waals surface area contributed by atoms with E-state index in [2.05, 4.69) is 9.38 Å². The largest absolute Gasteiger partial charge is 0.491 e. The molecule has 152 valence electrons. The van der Waals surface area contributed by atoms with Crippen LogP contribution in [0.5, 0.6) is 5.75 Å². The van der Waals surface area contributed by atoms with Crippen LogP contribution < -0.4 is 10.5 Å². The molecular formula is C20H22N4O4S. The van der Waals surface area contributed by atoms with Crippen LogP contribution in [0.4, 0.5) is 0 Å². The molecule has 1 saturated heterocycles. The lowest BCUT2D eigenvalue weighted by atomic mass is 10.0. The Hall–Kier alpha value is -2.94. The molecule has 0 aliphatic carbocycles. The molecule has 0 radical (unpaired) electrons. The molecule has 2 aliphatic heterocycles. The van der Waals surface area contributed by atoms with Gasteiger partial charge < -0.3 is 15.4 Å². The minimum atomic E-state index is -3.60. The van der Waals surface area contributed by atoms with Crippen LogP contribution in [-0.4, -0.2) is 49.2 Å². The van der Waals surface area contributed by atoms with E-state index in [-0.39, 0.29) is 23.5 Å². The number of aromatic nitrogens is 1. The average molecular weight is 414 g/mol. The number of likely N-dealkylation sites (tertiary alicyclic amines) is 1. The van der Waals surface area contributed by atoms with Crippen molar-refractivity contribution in [2.45, 2.75) is 31.1 Å². The minimum absolute atomic E-state index is 0.0389. The van der Waals surface area contributed by atoms with Crippen molar-refractivity contribution in [2.24, 2.45) is 10.1 Å². The van der Waals surface area contributed by atoms with E-state index in [1.165, 1.54) is 0 Å². The van der Waals surface area contributed by atoms with Crippen molar-refractivity contribution in [3.8, 4) is 5.75 Å². The molecule has 0 bridgehead atoms. The second-order valence-electron chi connectivity index (χ2n) is 7.19. The molecule has 1 atom stereocenters. The SMILES string of the molecule is NC1=NS(=O)(=O)Cc2cccc(OC[C@H]3CCCCN3C(=O)c3ccncc3)c21. The van der Waals surface area contributed by atoms with Gasteiger partial charge in [-0.1, -0.05) is 12.1 Å². The maximum absolute atomic E-state index is 12.9. The summed E-state index contributed by atoms with van der Waals surface area (Å²) in [6.45, 7) is 0.969. The third-order valence-electron chi connectivity index (χ3n) is 5.19. The standard InChI is InChI=1S/C20H22N4O4S/c21-19-18-15(13-29(26,27)23-19)4-3-6-17(18)28-12-16-5-1-2-11-24(16)20(25)14-7-9-22-10-8-14/h3-4,6-10,16H,1-2,5,11-13H2,(H2,21,23)/t16-/m1/s1. The first-order valence-electron chi connectivity index (χ1n) is 9.49. The Kier molecular flexibility index (Phi) is 5.23. The monoisotopic (exact) mass is 414 g/mol. The smallest absolute Gasteiger partial charge is 0.259 e. The Balaban J connectivity index is 1.53. The molecule has 9 heteroatoms. The highest BCUT2D eigenvalue weighted by molar-refractivity contribution is 7.89. The predicted octanol–water partition coefficient (Wildman–Crippen LogP) is 1.70. The van der Waals surface area contributed by atoms with Crippen LogP contribution in [0.15, 0.2) is 47.1 Å². The molecule has 4 rings (SSSR count). The van der Waals surface area contributed by atoms with Gasteiger partial charge in [0.2, 0.25) is 0 Å². The van der Waals surface area contributed by atoms with Gasteiger partial charge in [-0.3, -0.25) is 9.78 Å². The van der Waals surface area contributed by atoms with Gasteiger partial charge in [0.05, 0.1) is 17.4 Å². The maximum atomic E-state index is 12.9. The molecule has 1 fully saturated rings. The molecule has 0 unspecified atom stereocenters. The number of hydrogen-bond donors (Lipinski definition) is 1. The molecule has 2 N–H and O–H groups in total. The number of benzene rings is 1. The van der Waals surface area contributed by atoms with E-state index in [0.717, 1.165) is 19.3 Å². The van der Waals surface area contributed by atoms with Crippen molar-refractivity contribution in [3.63, 3.8) is 0 Å². The summed E-state index contributed by atoms with van der Waals surface area (Å²) in [5, 5.41) is 0. The number of piperidine rings is 1. The maximum Gasteiger partial charge on any atom is 0.259 e. The number of amidine groups is 1. The fraction of sp³-hybridized carbons (Fsp3) is 0.350. The molecular weight excluding hydrogens is 392 g/mol. The Morgan fingerprint density at radius 1 is 1.21 bits per heavy atom. The van der Waals surface area contributed by atoms with Gasteiger partial charge in [0, 0.05) is 24.5 Å². The first kappa shape index (κ1) is 19.4. The van der Waals surface area contributed by atoms with Crippen LogP contribution in [-0.2, 0) is 15.8 Å². The van der Waals surface area contributed by atoms with Gasteiger partial charge in [0.15, 0.2) is 0 Å². The lowest BCUT2D eigenvalue weighted by molar-refractivity contribution is 0.0528. The molecule has 2 aromatic rings. The van der Waals surface area contributed by atoms with Crippen molar-refractivity contribution >= 4 is 21.8 Å². The van der Waals surface area contributed by atoms with Crippen LogP contribution in [0.3, 0.4) is 0 Å².